The molecule has 0 atom stereocenters. The van der Waals surface area contributed by atoms with Gasteiger partial charge in [-0.05, 0) is 31.9 Å². The van der Waals surface area contributed by atoms with Crippen LogP contribution in [0, 0.1) is 6.92 Å². The van der Waals surface area contributed by atoms with E-state index in [0.717, 1.165) is 17.7 Å². The summed E-state index contributed by atoms with van der Waals surface area (Å²) >= 11 is 1.58. The molecule has 17 heavy (non-hydrogen) atoms. The smallest absolute Gasteiger partial charge is 0.261 e. The van der Waals surface area contributed by atoms with E-state index in [0.29, 0.717) is 6.04 Å². The van der Waals surface area contributed by atoms with Crippen molar-refractivity contribution >= 4 is 17.2 Å². The molecule has 1 saturated carbocycles. The van der Waals surface area contributed by atoms with Crippen LogP contribution in [0.4, 0.5) is 0 Å². The third-order valence-electron chi connectivity index (χ3n) is 3.40. The Morgan fingerprint density at radius 2 is 1.82 bits per heavy atom. The van der Waals surface area contributed by atoms with Crippen LogP contribution in [-0.4, -0.2) is 11.9 Å². The van der Waals surface area contributed by atoms with Crippen LogP contribution < -0.4 is 5.32 Å². The summed E-state index contributed by atoms with van der Waals surface area (Å²) in [5.41, 5.74) is 0. The van der Waals surface area contributed by atoms with Crippen LogP contribution in [0.3, 0.4) is 0 Å². The predicted molar refractivity (Wildman–Crippen MR) is 72.6 cm³/mol. The molecule has 3 heteroatoms. The molecule has 1 aliphatic rings. The van der Waals surface area contributed by atoms with Crippen molar-refractivity contribution in [3.63, 3.8) is 0 Å². The number of thiophene rings is 1. The Kier molecular flexibility index (Phi) is 4.60. The summed E-state index contributed by atoms with van der Waals surface area (Å²) in [6.07, 6.45) is 8.83. The Balaban J connectivity index is 1.88. The Morgan fingerprint density at radius 1 is 1.18 bits per heavy atom. The first-order chi connectivity index (χ1) is 8.25. The molecule has 1 aromatic rings. The topological polar surface area (TPSA) is 29.1 Å². The second-order valence-electron chi connectivity index (χ2n) is 4.93. The molecule has 1 amide bonds. The van der Waals surface area contributed by atoms with Crippen molar-refractivity contribution in [1.82, 2.24) is 5.32 Å². The molecule has 0 aliphatic heterocycles. The lowest BCUT2D eigenvalue weighted by Crippen LogP contribution is -2.34. The molecule has 1 aromatic heterocycles. The molecule has 0 spiro atoms. The minimum atomic E-state index is 0.119. The summed E-state index contributed by atoms with van der Waals surface area (Å²) in [5.74, 6) is 0.119. The average molecular weight is 251 g/mol. The van der Waals surface area contributed by atoms with Gasteiger partial charge in [-0.25, -0.2) is 0 Å². The second-order valence-corrected chi connectivity index (χ2v) is 6.21. The molecule has 1 N–H and O–H groups in total. The van der Waals surface area contributed by atoms with E-state index in [1.54, 1.807) is 11.3 Å². The molecule has 1 aliphatic carbocycles. The van der Waals surface area contributed by atoms with E-state index in [-0.39, 0.29) is 5.91 Å². The first-order valence-corrected chi connectivity index (χ1v) is 7.44. The highest BCUT2D eigenvalue weighted by molar-refractivity contribution is 7.13. The third-order valence-corrected chi connectivity index (χ3v) is 4.40. The fraction of sp³-hybridized carbons (Fsp3) is 0.643. The van der Waals surface area contributed by atoms with Crippen molar-refractivity contribution in [2.24, 2.45) is 0 Å². The highest BCUT2D eigenvalue weighted by atomic mass is 32.1. The molecule has 0 unspecified atom stereocenters. The van der Waals surface area contributed by atoms with Gasteiger partial charge in [0.1, 0.15) is 0 Å². The number of hydrogen-bond acceptors (Lipinski definition) is 2. The van der Waals surface area contributed by atoms with Gasteiger partial charge in [0.25, 0.3) is 5.91 Å². The quantitative estimate of drug-likeness (QED) is 0.848. The summed E-state index contributed by atoms with van der Waals surface area (Å²) in [7, 11) is 0. The number of amides is 1. The molecular weight excluding hydrogens is 230 g/mol. The zero-order valence-electron chi connectivity index (χ0n) is 10.5. The molecule has 0 saturated heterocycles. The van der Waals surface area contributed by atoms with Crippen molar-refractivity contribution in [3.8, 4) is 0 Å². The first-order valence-electron chi connectivity index (χ1n) is 6.63. The molecule has 94 valence electrons. The molecule has 1 fully saturated rings. The van der Waals surface area contributed by atoms with Crippen LogP contribution in [0.2, 0.25) is 0 Å². The van der Waals surface area contributed by atoms with Gasteiger partial charge in [-0.3, -0.25) is 4.79 Å². The van der Waals surface area contributed by atoms with E-state index < -0.39 is 0 Å². The van der Waals surface area contributed by atoms with Crippen LogP contribution in [0.15, 0.2) is 12.1 Å². The molecule has 2 nitrogen and oxygen atoms in total. The standard InChI is InChI=1S/C14H21NOS/c1-11-9-10-13(17-11)14(16)15-12-7-5-3-2-4-6-8-12/h9-10,12H,2-8H2,1H3,(H,15,16). The number of carbonyl (C=O) groups is 1. The van der Waals surface area contributed by atoms with Gasteiger partial charge < -0.3 is 5.32 Å². The normalized spacial score (nSPS) is 18.4. The SMILES string of the molecule is Cc1ccc(C(=O)NC2CCCCCCC2)s1. The molecule has 2 rings (SSSR count). The monoisotopic (exact) mass is 251 g/mol. The predicted octanol–water partition coefficient (Wildman–Crippen LogP) is 3.90. The fourth-order valence-electron chi connectivity index (χ4n) is 2.41. The lowest BCUT2D eigenvalue weighted by Gasteiger charge is -2.20. The van der Waals surface area contributed by atoms with Crippen molar-refractivity contribution in [2.45, 2.75) is 57.9 Å². The number of aryl methyl sites for hydroxylation is 1. The Morgan fingerprint density at radius 3 is 2.41 bits per heavy atom. The second kappa shape index (κ2) is 6.20. The van der Waals surface area contributed by atoms with Crippen molar-refractivity contribution in [2.75, 3.05) is 0 Å². The zero-order chi connectivity index (χ0) is 12.1. The lowest BCUT2D eigenvalue weighted by molar-refractivity contribution is 0.0934. The summed E-state index contributed by atoms with van der Waals surface area (Å²) < 4.78 is 0. The third kappa shape index (κ3) is 3.84. The van der Waals surface area contributed by atoms with Gasteiger partial charge >= 0.3 is 0 Å². The molecule has 0 bridgehead atoms. The van der Waals surface area contributed by atoms with Gasteiger partial charge in [-0.2, -0.15) is 0 Å². The van der Waals surface area contributed by atoms with E-state index in [4.69, 9.17) is 0 Å². The number of rotatable bonds is 2. The van der Waals surface area contributed by atoms with Gasteiger partial charge in [0.05, 0.1) is 4.88 Å². The Labute approximate surface area is 107 Å². The Bertz CT molecular complexity index is 364. The maximum atomic E-state index is 12.0. The van der Waals surface area contributed by atoms with Crippen LogP contribution >= 0.6 is 11.3 Å². The van der Waals surface area contributed by atoms with Crippen LogP contribution in [0.5, 0.6) is 0 Å². The van der Waals surface area contributed by atoms with Gasteiger partial charge in [0.2, 0.25) is 0 Å². The van der Waals surface area contributed by atoms with Gasteiger partial charge in [0, 0.05) is 10.9 Å². The van der Waals surface area contributed by atoms with Crippen LogP contribution in [0.25, 0.3) is 0 Å². The summed E-state index contributed by atoms with van der Waals surface area (Å²) in [6, 6.07) is 4.33. The fourth-order valence-corrected chi connectivity index (χ4v) is 3.18. The van der Waals surface area contributed by atoms with Crippen molar-refractivity contribution in [1.29, 1.82) is 0 Å². The maximum absolute atomic E-state index is 12.0. The summed E-state index contributed by atoms with van der Waals surface area (Å²) in [4.78, 5) is 14.1. The van der Waals surface area contributed by atoms with Crippen LogP contribution in [0.1, 0.15) is 59.5 Å². The van der Waals surface area contributed by atoms with Gasteiger partial charge in [-0.15, -0.1) is 11.3 Å². The van der Waals surface area contributed by atoms with E-state index in [2.05, 4.69) is 5.32 Å². The van der Waals surface area contributed by atoms with Crippen LogP contribution in [-0.2, 0) is 0 Å². The highest BCUT2D eigenvalue weighted by Gasteiger charge is 2.15. The summed E-state index contributed by atoms with van der Waals surface area (Å²) in [6.45, 7) is 2.04. The average Bonchev–Trinajstić information content (AvgIpc) is 2.68. The highest BCUT2D eigenvalue weighted by Crippen LogP contribution is 2.19. The lowest BCUT2D eigenvalue weighted by atomic mass is 9.97. The molecule has 0 aromatic carbocycles. The number of hydrogen-bond donors (Lipinski definition) is 1. The van der Waals surface area contributed by atoms with E-state index >= 15 is 0 Å². The Hall–Kier alpha value is -0.830. The minimum Gasteiger partial charge on any atom is -0.349 e. The van der Waals surface area contributed by atoms with Crippen molar-refractivity contribution < 1.29 is 4.79 Å². The van der Waals surface area contributed by atoms with Crippen molar-refractivity contribution in [3.05, 3.63) is 21.9 Å². The van der Waals surface area contributed by atoms with E-state index in [1.165, 1.54) is 37.0 Å². The largest absolute Gasteiger partial charge is 0.349 e. The molecule has 1 heterocycles. The maximum Gasteiger partial charge on any atom is 0.261 e. The van der Waals surface area contributed by atoms with Gasteiger partial charge in [0.15, 0.2) is 0 Å². The molecule has 0 radical (unpaired) electrons. The van der Waals surface area contributed by atoms with E-state index in [1.807, 2.05) is 19.1 Å². The summed E-state index contributed by atoms with van der Waals surface area (Å²) in [5, 5.41) is 3.19. The number of carbonyl (C=O) groups excluding carboxylic acids is 1. The molecular formula is C14H21NOS. The minimum absolute atomic E-state index is 0.119. The van der Waals surface area contributed by atoms with Gasteiger partial charge in [-0.1, -0.05) is 32.1 Å². The van der Waals surface area contributed by atoms with E-state index in [9.17, 15) is 4.79 Å². The number of nitrogens with one attached hydrogen (secondary N) is 1. The first kappa shape index (κ1) is 12.6. The zero-order valence-corrected chi connectivity index (χ0v) is 11.3.